The molecule has 8 nitrogen and oxygen atoms in total. The summed E-state index contributed by atoms with van der Waals surface area (Å²) in [6, 6.07) is 13.7. The van der Waals surface area contributed by atoms with Gasteiger partial charge in [0.2, 0.25) is 5.03 Å². The Labute approximate surface area is 207 Å². The van der Waals surface area contributed by atoms with Gasteiger partial charge in [0.05, 0.1) is 5.56 Å². The maximum Gasteiger partial charge on any atom is 0.263 e. The Morgan fingerprint density at radius 2 is 1.66 bits per heavy atom. The number of hydrogen-bond donors (Lipinski definition) is 1. The third-order valence-corrected chi connectivity index (χ3v) is 8.45. The van der Waals surface area contributed by atoms with Crippen LogP contribution in [0.3, 0.4) is 0 Å². The molecule has 9 heteroatoms. The molecule has 0 spiro atoms. The minimum Gasteiger partial charge on any atom is -0.369 e. The monoisotopic (exact) mass is 495 g/mol. The second-order valence-corrected chi connectivity index (χ2v) is 11.2. The smallest absolute Gasteiger partial charge is 0.263 e. The van der Waals surface area contributed by atoms with Gasteiger partial charge in [-0.05, 0) is 54.7 Å². The summed E-state index contributed by atoms with van der Waals surface area (Å²) in [5.41, 5.74) is 5.34. The molecule has 186 valence electrons. The molecule has 0 unspecified atom stereocenters. The lowest BCUT2D eigenvalue weighted by Gasteiger charge is -2.36. The number of carbonyl (C=O) groups excluding carboxylic acids is 1. The fraction of sp³-hybridized carbons (Fsp3) is 0.385. The first-order valence-corrected chi connectivity index (χ1v) is 13.3. The molecular formula is C26H33N5O3S. The van der Waals surface area contributed by atoms with Crippen LogP contribution < -0.4 is 10.2 Å². The van der Waals surface area contributed by atoms with Crippen molar-refractivity contribution in [3.05, 3.63) is 70.9 Å². The van der Waals surface area contributed by atoms with Gasteiger partial charge in [-0.25, -0.2) is 8.42 Å². The Morgan fingerprint density at radius 3 is 2.29 bits per heavy atom. The van der Waals surface area contributed by atoms with Crippen molar-refractivity contribution >= 4 is 27.3 Å². The number of nitrogens with one attached hydrogen (secondary N) is 1. The van der Waals surface area contributed by atoms with Gasteiger partial charge >= 0.3 is 0 Å². The van der Waals surface area contributed by atoms with Crippen LogP contribution in [0.25, 0.3) is 0 Å². The molecular weight excluding hydrogens is 462 g/mol. The number of nitrogens with zero attached hydrogens (tertiary/aromatic N) is 4. The molecule has 1 N–H and O–H groups in total. The number of aryl methyl sites for hydroxylation is 2. The van der Waals surface area contributed by atoms with Crippen molar-refractivity contribution in [3.8, 4) is 0 Å². The van der Waals surface area contributed by atoms with E-state index in [1.165, 1.54) is 26.3 Å². The van der Waals surface area contributed by atoms with Crippen LogP contribution in [0.1, 0.15) is 46.8 Å². The number of aromatic nitrogens is 2. The van der Waals surface area contributed by atoms with Crippen molar-refractivity contribution in [1.29, 1.82) is 0 Å². The molecule has 0 aliphatic carbocycles. The van der Waals surface area contributed by atoms with Crippen LogP contribution in [0.5, 0.6) is 0 Å². The molecule has 1 aromatic heterocycles. The molecule has 1 saturated heterocycles. The van der Waals surface area contributed by atoms with Crippen LogP contribution in [0.15, 0.2) is 53.7 Å². The minimum absolute atomic E-state index is 0.0393. The van der Waals surface area contributed by atoms with Crippen molar-refractivity contribution in [3.63, 3.8) is 0 Å². The molecule has 1 aliphatic rings. The standard InChI is InChI=1S/C26H33N5O3S/c1-18(2)21-9-11-22(12-10-21)27-25(32)23-17-29(5)28-26(23)35(33,34)31-15-13-30(14-16-31)24-8-6-7-19(3)20(24)4/h6-12,17-18H,13-16H2,1-5H3,(H,27,32). The van der Waals surface area contributed by atoms with Crippen molar-refractivity contribution in [2.24, 2.45) is 7.05 Å². The highest BCUT2D eigenvalue weighted by Gasteiger charge is 2.34. The highest BCUT2D eigenvalue weighted by atomic mass is 32.2. The minimum atomic E-state index is -3.94. The van der Waals surface area contributed by atoms with Crippen LogP contribution in [-0.2, 0) is 17.1 Å². The third-order valence-electron chi connectivity index (χ3n) is 6.61. The van der Waals surface area contributed by atoms with E-state index in [0.717, 1.165) is 11.3 Å². The highest BCUT2D eigenvalue weighted by Crippen LogP contribution is 2.27. The van der Waals surface area contributed by atoms with Gasteiger partial charge < -0.3 is 10.2 Å². The van der Waals surface area contributed by atoms with Gasteiger partial charge in [-0.15, -0.1) is 0 Å². The van der Waals surface area contributed by atoms with Gasteiger partial charge in [0.1, 0.15) is 0 Å². The van der Waals surface area contributed by atoms with Gasteiger partial charge in [0.25, 0.3) is 15.9 Å². The summed E-state index contributed by atoms with van der Waals surface area (Å²) in [6.07, 6.45) is 1.46. The average molecular weight is 496 g/mol. The van der Waals surface area contributed by atoms with E-state index in [2.05, 4.69) is 55.1 Å². The number of anilines is 2. The summed E-state index contributed by atoms with van der Waals surface area (Å²) in [4.78, 5) is 15.3. The first kappa shape index (κ1) is 24.9. The summed E-state index contributed by atoms with van der Waals surface area (Å²) in [5.74, 6) is -0.117. The Morgan fingerprint density at radius 1 is 1.00 bits per heavy atom. The number of hydrogen-bond acceptors (Lipinski definition) is 5. The summed E-state index contributed by atoms with van der Waals surface area (Å²) in [7, 11) is -2.32. The molecule has 35 heavy (non-hydrogen) atoms. The Kier molecular flexibility index (Phi) is 7.00. The Hall–Kier alpha value is -3.17. The fourth-order valence-electron chi connectivity index (χ4n) is 4.33. The van der Waals surface area contributed by atoms with Crippen molar-refractivity contribution in [1.82, 2.24) is 14.1 Å². The number of carbonyl (C=O) groups is 1. The molecule has 1 amide bonds. The van der Waals surface area contributed by atoms with Crippen LogP contribution >= 0.6 is 0 Å². The number of benzene rings is 2. The fourth-order valence-corrected chi connectivity index (χ4v) is 5.88. The average Bonchev–Trinajstić information content (AvgIpc) is 3.24. The Bertz CT molecular complexity index is 1320. The van der Waals surface area contributed by atoms with Crippen molar-refractivity contribution in [2.45, 2.75) is 38.6 Å². The largest absolute Gasteiger partial charge is 0.369 e. The SMILES string of the molecule is Cc1cccc(N2CCN(S(=O)(=O)c3nn(C)cc3C(=O)Nc3ccc(C(C)C)cc3)CC2)c1C. The predicted molar refractivity (Wildman–Crippen MR) is 139 cm³/mol. The zero-order chi connectivity index (χ0) is 25.3. The van der Waals surface area contributed by atoms with E-state index >= 15 is 0 Å². The zero-order valence-corrected chi connectivity index (χ0v) is 21.8. The number of amides is 1. The van der Waals surface area contributed by atoms with E-state index < -0.39 is 15.9 Å². The first-order valence-electron chi connectivity index (χ1n) is 11.8. The van der Waals surface area contributed by atoms with Gasteiger partial charge in [-0.1, -0.05) is 38.1 Å². The van der Waals surface area contributed by atoms with Gasteiger partial charge in [-0.3, -0.25) is 9.48 Å². The van der Waals surface area contributed by atoms with Crippen LogP contribution in [0.4, 0.5) is 11.4 Å². The van der Waals surface area contributed by atoms with Gasteiger partial charge in [0, 0.05) is 50.8 Å². The molecule has 3 aromatic rings. The molecule has 0 bridgehead atoms. The van der Waals surface area contributed by atoms with E-state index in [1.807, 2.05) is 30.3 Å². The lowest BCUT2D eigenvalue weighted by Crippen LogP contribution is -2.49. The topological polar surface area (TPSA) is 87.5 Å². The van der Waals surface area contributed by atoms with Crippen molar-refractivity contribution < 1.29 is 13.2 Å². The number of rotatable bonds is 6. The van der Waals surface area contributed by atoms with Crippen molar-refractivity contribution in [2.75, 3.05) is 36.4 Å². The van der Waals surface area contributed by atoms with E-state index in [9.17, 15) is 13.2 Å². The van der Waals surface area contributed by atoms with E-state index in [-0.39, 0.29) is 10.6 Å². The first-order chi connectivity index (χ1) is 16.6. The second-order valence-electron chi connectivity index (χ2n) is 9.36. The predicted octanol–water partition coefficient (Wildman–Crippen LogP) is 3.92. The van der Waals surface area contributed by atoms with Gasteiger partial charge in [0.15, 0.2) is 0 Å². The third kappa shape index (κ3) is 5.11. The quantitative estimate of drug-likeness (QED) is 0.560. The summed E-state index contributed by atoms with van der Waals surface area (Å²) in [5, 5.41) is 6.77. The van der Waals surface area contributed by atoms with Crippen LogP contribution in [0.2, 0.25) is 0 Å². The molecule has 1 aliphatic heterocycles. The second kappa shape index (κ2) is 9.83. The summed E-state index contributed by atoms with van der Waals surface area (Å²) in [6.45, 7) is 10.1. The molecule has 2 heterocycles. The molecule has 0 atom stereocenters. The van der Waals surface area contributed by atoms with Gasteiger partial charge in [-0.2, -0.15) is 9.40 Å². The normalized spacial score (nSPS) is 15.0. The summed E-state index contributed by atoms with van der Waals surface area (Å²) >= 11 is 0. The summed E-state index contributed by atoms with van der Waals surface area (Å²) < 4.78 is 29.8. The lowest BCUT2D eigenvalue weighted by atomic mass is 10.0. The molecule has 0 saturated carbocycles. The van der Waals surface area contributed by atoms with Crippen LogP contribution in [-0.4, -0.2) is 54.6 Å². The zero-order valence-electron chi connectivity index (χ0n) is 20.9. The Balaban J connectivity index is 1.51. The lowest BCUT2D eigenvalue weighted by molar-refractivity contribution is 0.102. The molecule has 2 aromatic carbocycles. The van der Waals surface area contributed by atoms with E-state index in [0.29, 0.717) is 37.8 Å². The number of piperazine rings is 1. The molecule has 0 radical (unpaired) electrons. The molecule has 4 rings (SSSR count). The van der Waals surface area contributed by atoms with Crippen LogP contribution in [0, 0.1) is 13.8 Å². The maximum atomic E-state index is 13.5. The molecule has 1 fully saturated rings. The number of sulfonamides is 1. The van der Waals surface area contributed by atoms with E-state index in [4.69, 9.17) is 0 Å². The van der Waals surface area contributed by atoms with E-state index in [1.54, 1.807) is 7.05 Å². The highest BCUT2D eigenvalue weighted by molar-refractivity contribution is 7.89. The maximum absolute atomic E-state index is 13.5.